The second-order valence-corrected chi connectivity index (χ2v) is 6.53. The second kappa shape index (κ2) is 10.3. The summed E-state index contributed by atoms with van der Waals surface area (Å²) in [5.74, 6) is 0.777. The normalized spacial score (nSPS) is 13.4. The van der Waals surface area contributed by atoms with Gasteiger partial charge in [0.15, 0.2) is 0 Å². The van der Waals surface area contributed by atoms with Gasteiger partial charge in [-0.2, -0.15) is 0 Å². The number of hydrogen-bond donors (Lipinski definition) is 1. The number of carbonyl (C=O) groups excluding carboxylic acids is 1. The fraction of sp³-hybridized carbons (Fsp3) is 0.650. The predicted molar refractivity (Wildman–Crippen MR) is 99.8 cm³/mol. The number of methoxy groups -OCH3 is 1. The molecule has 1 amide bonds. The van der Waals surface area contributed by atoms with Gasteiger partial charge in [-0.05, 0) is 50.5 Å². The van der Waals surface area contributed by atoms with E-state index in [9.17, 15) is 4.79 Å². The highest BCUT2D eigenvalue weighted by atomic mass is 16.5. The van der Waals surface area contributed by atoms with E-state index in [4.69, 9.17) is 9.47 Å². The topological polar surface area (TPSA) is 47.6 Å². The molecule has 24 heavy (non-hydrogen) atoms. The molecule has 0 heterocycles. The lowest BCUT2D eigenvalue weighted by Gasteiger charge is -2.27. The van der Waals surface area contributed by atoms with Crippen LogP contribution in [0.3, 0.4) is 0 Å². The van der Waals surface area contributed by atoms with Crippen LogP contribution < -0.4 is 10.1 Å². The Kier molecular flexibility index (Phi) is 8.83. The van der Waals surface area contributed by atoms with Gasteiger partial charge < -0.3 is 14.8 Å². The van der Waals surface area contributed by atoms with Crippen molar-refractivity contribution in [3.05, 3.63) is 23.8 Å². The lowest BCUT2D eigenvalue weighted by molar-refractivity contribution is -0.136. The third kappa shape index (κ3) is 6.16. The number of benzene rings is 1. The first-order valence-corrected chi connectivity index (χ1v) is 9.07. The van der Waals surface area contributed by atoms with Crippen LogP contribution in [0.15, 0.2) is 18.2 Å². The Labute approximate surface area is 146 Å². The van der Waals surface area contributed by atoms with Gasteiger partial charge in [0, 0.05) is 12.8 Å². The molecule has 0 aliphatic carbocycles. The monoisotopic (exact) mass is 335 g/mol. The van der Waals surface area contributed by atoms with Gasteiger partial charge in [0.1, 0.15) is 11.4 Å². The molecule has 0 radical (unpaired) electrons. The van der Waals surface area contributed by atoms with Crippen LogP contribution in [0.4, 0.5) is 5.69 Å². The zero-order valence-electron chi connectivity index (χ0n) is 15.9. The standard InChI is InChI=1S/C20H33NO3/c1-6-8-10-13-20(4,23-5)19(22)21-17-11-12-18(16(3)15-17)24-14-9-7-2/h11-12,15H,6-10,13-14H2,1-5H3,(H,21,22). The van der Waals surface area contributed by atoms with Crippen LogP contribution in [0.1, 0.15) is 64.9 Å². The largest absolute Gasteiger partial charge is 0.493 e. The van der Waals surface area contributed by atoms with Gasteiger partial charge in [-0.3, -0.25) is 4.79 Å². The molecule has 4 heteroatoms. The predicted octanol–water partition coefficient (Wildman–Crippen LogP) is 5.10. The highest BCUT2D eigenvalue weighted by molar-refractivity contribution is 5.97. The van der Waals surface area contributed by atoms with E-state index in [1.165, 1.54) is 0 Å². The molecule has 4 nitrogen and oxygen atoms in total. The van der Waals surface area contributed by atoms with Gasteiger partial charge >= 0.3 is 0 Å². The van der Waals surface area contributed by atoms with E-state index in [-0.39, 0.29) is 5.91 Å². The number of ether oxygens (including phenoxy) is 2. The average Bonchev–Trinajstić information content (AvgIpc) is 2.57. The third-order valence-corrected chi connectivity index (χ3v) is 4.38. The zero-order valence-corrected chi connectivity index (χ0v) is 15.9. The molecule has 0 bridgehead atoms. The lowest BCUT2D eigenvalue weighted by Crippen LogP contribution is -2.41. The van der Waals surface area contributed by atoms with Crippen molar-refractivity contribution >= 4 is 11.6 Å². The molecule has 0 saturated carbocycles. The maximum absolute atomic E-state index is 12.6. The van der Waals surface area contributed by atoms with Gasteiger partial charge in [-0.1, -0.05) is 39.5 Å². The molecular formula is C20H33NO3. The lowest BCUT2D eigenvalue weighted by atomic mass is 9.97. The third-order valence-electron chi connectivity index (χ3n) is 4.38. The van der Waals surface area contributed by atoms with Gasteiger partial charge in [0.05, 0.1) is 6.61 Å². The minimum atomic E-state index is -0.792. The van der Waals surface area contributed by atoms with Gasteiger partial charge in [-0.25, -0.2) is 0 Å². The minimum absolute atomic E-state index is 0.0971. The summed E-state index contributed by atoms with van der Waals surface area (Å²) in [6, 6.07) is 5.75. The summed E-state index contributed by atoms with van der Waals surface area (Å²) >= 11 is 0. The van der Waals surface area contributed by atoms with E-state index >= 15 is 0 Å². The summed E-state index contributed by atoms with van der Waals surface area (Å²) in [4.78, 5) is 12.6. The zero-order chi connectivity index (χ0) is 18.0. The Balaban J connectivity index is 2.69. The molecule has 1 unspecified atom stereocenters. The smallest absolute Gasteiger partial charge is 0.256 e. The van der Waals surface area contributed by atoms with E-state index < -0.39 is 5.60 Å². The van der Waals surface area contributed by atoms with Crippen molar-refractivity contribution in [2.75, 3.05) is 19.0 Å². The summed E-state index contributed by atoms with van der Waals surface area (Å²) in [5, 5.41) is 2.98. The quantitative estimate of drug-likeness (QED) is 0.572. The van der Waals surface area contributed by atoms with Crippen LogP contribution in [0.2, 0.25) is 0 Å². The van der Waals surface area contributed by atoms with Crippen molar-refractivity contribution in [3.8, 4) is 5.75 Å². The first kappa shape index (κ1) is 20.5. The number of nitrogens with one attached hydrogen (secondary N) is 1. The maximum atomic E-state index is 12.6. The number of aryl methyl sites for hydroxylation is 1. The molecule has 0 spiro atoms. The fourth-order valence-electron chi connectivity index (χ4n) is 2.50. The molecule has 0 fully saturated rings. The van der Waals surface area contributed by atoms with Crippen LogP contribution in [0.25, 0.3) is 0 Å². The van der Waals surface area contributed by atoms with E-state index in [1.54, 1.807) is 7.11 Å². The Bertz CT molecular complexity index is 516. The summed E-state index contributed by atoms with van der Waals surface area (Å²) in [5.41, 5.74) is 1.01. The number of rotatable bonds is 11. The highest BCUT2D eigenvalue weighted by Gasteiger charge is 2.32. The summed E-state index contributed by atoms with van der Waals surface area (Å²) in [6.45, 7) is 8.86. The van der Waals surface area contributed by atoms with E-state index in [1.807, 2.05) is 32.0 Å². The summed E-state index contributed by atoms with van der Waals surface area (Å²) < 4.78 is 11.3. The molecule has 0 saturated heterocycles. The van der Waals surface area contributed by atoms with Crippen molar-refractivity contribution in [2.24, 2.45) is 0 Å². The summed E-state index contributed by atoms with van der Waals surface area (Å²) in [7, 11) is 1.60. The number of unbranched alkanes of at least 4 members (excludes halogenated alkanes) is 3. The Morgan fingerprint density at radius 3 is 2.46 bits per heavy atom. The van der Waals surface area contributed by atoms with Crippen molar-refractivity contribution < 1.29 is 14.3 Å². The molecule has 0 aromatic heterocycles. The van der Waals surface area contributed by atoms with Gasteiger partial charge in [0.2, 0.25) is 0 Å². The molecule has 1 N–H and O–H groups in total. The van der Waals surface area contributed by atoms with E-state index in [0.29, 0.717) is 0 Å². The van der Waals surface area contributed by atoms with Crippen LogP contribution in [0.5, 0.6) is 5.75 Å². The van der Waals surface area contributed by atoms with Crippen LogP contribution >= 0.6 is 0 Å². The SMILES string of the molecule is CCCCCC(C)(OC)C(=O)Nc1ccc(OCCCC)c(C)c1. The molecule has 136 valence electrons. The first-order valence-electron chi connectivity index (χ1n) is 9.07. The van der Waals surface area contributed by atoms with Crippen molar-refractivity contribution in [1.82, 2.24) is 0 Å². The Morgan fingerprint density at radius 1 is 1.17 bits per heavy atom. The molecule has 1 aromatic carbocycles. The van der Waals surface area contributed by atoms with Gasteiger partial charge in [-0.15, -0.1) is 0 Å². The summed E-state index contributed by atoms with van der Waals surface area (Å²) in [6.07, 6.45) is 6.09. The highest BCUT2D eigenvalue weighted by Crippen LogP contribution is 2.25. The first-order chi connectivity index (χ1) is 11.5. The van der Waals surface area contributed by atoms with E-state index in [2.05, 4.69) is 19.2 Å². The molecule has 1 rings (SSSR count). The molecule has 1 aromatic rings. The molecule has 0 aliphatic rings. The van der Waals surface area contributed by atoms with E-state index in [0.717, 1.165) is 62.1 Å². The van der Waals surface area contributed by atoms with Crippen molar-refractivity contribution in [2.45, 2.75) is 71.8 Å². The fourth-order valence-corrected chi connectivity index (χ4v) is 2.50. The molecule has 1 atom stereocenters. The number of amides is 1. The Hall–Kier alpha value is -1.55. The van der Waals surface area contributed by atoms with Crippen LogP contribution in [0, 0.1) is 6.92 Å². The van der Waals surface area contributed by atoms with Crippen molar-refractivity contribution in [1.29, 1.82) is 0 Å². The molecule has 0 aliphatic heterocycles. The van der Waals surface area contributed by atoms with Crippen LogP contribution in [-0.2, 0) is 9.53 Å². The maximum Gasteiger partial charge on any atom is 0.256 e. The van der Waals surface area contributed by atoms with Crippen LogP contribution in [-0.4, -0.2) is 25.2 Å². The molecular weight excluding hydrogens is 302 g/mol. The number of carbonyl (C=O) groups is 1. The number of hydrogen-bond acceptors (Lipinski definition) is 3. The average molecular weight is 335 g/mol. The minimum Gasteiger partial charge on any atom is -0.493 e. The van der Waals surface area contributed by atoms with Crippen molar-refractivity contribution in [3.63, 3.8) is 0 Å². The van der Waals surface area contributed by atoms with Gasteiger partial charge in [0.25, 0.3) is 5.91 Å². The second-order valence-electron chi connectivity index (χ2n) is 6.53. The number of anilines is 1. The Morgan fingerprint density at radius 2 is 1.88 bits per heavy atom.